The fourth-order valence-electron chi connectivity index (χ4n) is 3.85. The van der Waals surface area contributed by atoms with Crippen molar-refractivity contribution in [2.45, 2.75) is 25.1 Å². The number of carboxylic acid groups (broad SMARTS) is 1. The molecule has 0 bridgehead atoms. The predicted octanol–water partition coefficient (Wildman–Crippen LogP) is 5.28. The van der Waals surface area contributed by atoms with Gasteiger partial charge in [-0.15, -0.1) is 0 Å². The number of carboxylic acids is 1. The van der Waals surface area contributed by atoms with E-state index in [4.69, 9.17) is 4.74 Å². The Balaban J connectivity index is 1.66. The Bertz CT molecular complexity index is 1600. The minimum atomic E-state index is -2.05. The van der Waals surface area contributed by atoms with Gasteiger partial charge in [0.15, 0.2) is 28.4 Å². The molecular formula is C28H21F4N3O6S. The number of halogens is 4. The van der Waals surface area contributed by atoms with Crippen LogP contribution in [0.15, 0.2) is 59.6 Å². The molecule has 1 heterocycles. The second kappa shape index (κ2) is 12.9. The van der Waals surface area contributed by atoms with Crippen molar-refractivity contribution in [2.24, 2.45) is 4.99 Å². The molecule has 1 aliphatic heterocycles. The van der Waals surface area contributed by atoms with E-state index in [-0.39, 0.29) is 34.3 Å². The van der Waals surface area contributed by atoms with E-state index >= 15 is 0 Å². The molecule has 0 aliphatic carbocycles. The van der Waals surface area contributed by atoms with E-state index in [1.807, 2.05) is 0 Å². The number of nitrogens with one attached hydrogen (secondary N) is 1. The van der Waals surface area contributed by atoms with Crippen molar-refractivity contribution < 1.29 is 46.6 Å². The number of aromatic carboxylic acids is 1. The van der Waals surface area contributed by atoms with Crippen LogP contribution in [0.25, 0.3) is 0 Å². The lowest BCUT2D eigenvalue weighted by atomic mass is 10.1. The van der Waals surface area contributed by atoms with Crippen molar-refractivity contribution in [2.75, 3.05) is 11.9 Å². The molecule has 218 valence electrons. The number of benzene rings is 3. The number of rotatable bonds is 8. The molecule has 0 radical (unpaired) electrons. The van der Waals surface area contributed by atoms with Crippen LogP contribution in [0.5, 0.6) is 0 Å². The summed E-state index contributed by atoms with van der Waals surface area (Å²) in [5, 5.41) is 10.5. The molecule has 1 aliphatic rings. The number of ether oxygens (including phenoxy) is 1. The summed E-state index contributed by atoms with van der Waals surface area (Å²) in [6.45, 7) is 1.06. The predicted molar refractivity (Wildman–Crippen MR) is 144 cm³/mol. The van der Waals surface area contributed by atoms with Gasteiger partial charge in [0.05, 0.1) is 30.0 Å². The second-order valence-corrected chi connectivity index (χ2v) is 9.96. The van der Waals surface area contributed by atoms with Crippen LogP contribution in [0.3, 0.4) is 0 Å². The minimum Gasteiger partial charge on any atom is -0.478 e. The monoisotopic (exact) mass is 603 g/mol. The van der Waals surface area contributed by atoms with Gasteiger partial charge in [-0.1, -0.05) is 17.8 Å². The summed E-state index contributed by atoms with van der Waals surface area (Å²) < 4.78 is 60.7. The maximum absolute atomic E-state index is 14.5. The van der Waals surface area contributed by atoms with Gasteiger partial charge in [-0.05, 0) is 55.5 Å². The van der Waals surface area contributed by atoms with Crippen molar-refractivity contribution >= 4 is 52.1 Å². The number of hydrogen-bond donors (Lipinski definition) is 2. The maximum Gasteiger partial charge on any atom is 0.338 e. The molecule has 4 rings (SSSR count). The fourth-order valence-corrected chi connectivity index (χ4v) is 4.95. The van der Waals surface area contributed by atoms with Gasteiger partial charge in [0.25, 0.3) is 0 Å². The molecule has 3 aromatic carbocycles. The van der Waals surface area contributed by atoms with Gasteiger partial charge in [-0.3, -0.25) is 14.5 Å². The molecule has 14 heteroatoms. The Hall–Kier alpha value is -4.72. The summed E-state index contributed by atoms with van der Waals surface area (Å²) in [5.41, 5.74) is -0.178. The highest BCUT2D eigenvalue weighted by Gasteiger charge is 2.37. The number of amides is 2. The SMILES string of the molecule is CCOC(=O)c1ccc(N=C2S[C@H](C(=O)Nc3cccc(C(=O)O)c3)CC(=O)N2Cc2cc(F)c(F)c(F)c2F)cc1. The van der Waals surface area contributed by atoms with Crippen molar-refractivity contribution in [1.82, 2.24) is 4.90 Å². The number of amidine groups is 1. The van der Waals surface area contributed by atoms with Crippen molar-refractivity contribution in [3.05, 3.63) is 94.6 Å². The van der Waals surface area contributed by atoms with E-state index in [1.54, 1.807) is 6.92 Å². The van der Waals surface area contributed by atoms with E-state index in [9.17, 15) is 41.8 Å². The van der Waals surface area contributed by atoms with Gasteiger partial charge < -0.3 is 15.2 Å². The third kappa shape index (κ3) is 6.77. The Morgan fingerprint density at radius 2 is 1.74 bits per heavy atom. The molecule has 3 aromatic rings. The first kappa shape index (κ1) is 30.2. The van der Waals surface area contributed by atoms with Crippen molar-refractivity contribution in [3.8, 4) is 0 Å². The average molecular weight is 604 g/mol. The number of aliphatic imine (C=N–C) groups is 1. The van der Waals surface area contributed by atoms with Crippen LogP contribution in [-0.2, 0) is 20.9 Å². The van der Waals surface area contributed by atoms with Gasteiger partial charge in [0, 0.05) is 17.7 Å². The molecule has 9 nitrogen and oxygen atoms in total. The zero-order valence-corrected chi connectivity index (χ0v) is 22.5. The van der Waals surface area contributed by atoms with Crippen LogP contribution in [0, 0.1) is 23.3 Å². The van der Waals surface area contributed by atoms with E-state index in [2.05, 4.69) is 10.3 Å². The zero-order valence-electron chi connectivity index (χ0n) is 21.7. The molecule has 0 unspecified atom stereocenters. The minimum absolute atomic E-state index is 0.0827. The highest BCUT2D eigenvalue weighted by atomic mass is 32.2. The number of esters is 1. The standard InChI is InChI=1S/C28H21F4N3O6S/c1-2-41-27(40)14-6-8-17(9-7-14)34-28-35(13-16-11-19(29)23(31)24(32)22(16)30)21(36)12-20(42-28)25(37)33-18-5-3-4-15(10-18)26(38)39/h3-11,20H,2,12-13H2,1H3,(H,33,37)(H,38,39)/t20-/m0/s1. The normalized spacial score (nSPS) is 15.9. The number of hydrogen-bond acceptors (Lipinski definition) is 7. The third-order valence-electron chi connectivity index (χ3n) is 5.92. The highest BCUT2D eigenvalue weighted by molar-refractivity contribution is 8.15. The summed E-state index contributed by atoms with van der Waals surface area (Å²) in [7, 11) is 0. The molecule has 2 N–H and O–H groups in total. The zero-order chi connectivity index (χ0) is 30.6. The second-order valence-electron chi connectivity index (χ2n) is 8.79. The summed E-state index contributed by atoms with van der Waals surface area (Å²) in [4.78, 5) is 54.7. The largest absolute Gasteiger partial charge is 0.478 e. The van der Waals surface area contributed by atoms with Gasteiger partial charge >= 0.3 is 11.9 Å². The third-order valence-corrected chi connectivity index (χ3v) is 7.11. The smallest absolute Gasteiger partial charge is 0.338 e. The molecule has 1 fully saturated rings. The number of anilines is 1. The fraction of sp³-hybridized carbons (Fsp3) is 0.179. The Morgan fingerprint density at radius 1 is 1.02 bits per heavy atom. The van der Waals surface area contributed by atoms with Crippen LogP contribution in [0.1, 0.15) is 39.6 Å². The van der Waals surface area contributed by atoms with Gasteiger partial charge in [-0.25, -0.2) is 32.1 Å². The maximum atomic E-state index is 14.5. The van der Waals surface area contributed by atoms with Crippen molar-refractivity contribution in [1.29, 1.82) is 0 Å². The average Bonchev–Trinajstić information content (AvgIpc) is 2.96. The first-order chi connectivity index (χ1) is 20.0. The van der Waals surface area contributed by atoms with Gasteiger partial charge in [-0.2, -0.15) is 0 Å². The first-order valence-electron chi connectivity index (χ1n) is 12.3. The summed E-state index contributed by atoms with van der Waals surface area (Å²) in [5.74, 6) is -10.6. The summed E-state index contributed by atoms with van der Waals surface area (Å²) in [6.07, 6.45) is -0.441. The number of nitrogens with zero attached hydrogens (tertiary/aromatic N) is 2. The lowest BCUT2D eigenvalue weighted by Gasteiger charge is -2.32. The molecular weight excluding hydrogens is 582 g/mol. The molecule has 42 heavy (non-hydrogen) atoms. The summed E-state index contributed by atoms with van der Waals surface area (Å²) >= 11 is 0.782. The van der Waals surface area contributed by atoms with Crippen LogP contribution < -0.4 is 5.32 Å². The number of carbonyl (C=O) groups excluding carboxylic acids is 3. The van der Waals surface area contributed by atoms with E-state index in [0.29, 0.717) is 6.07 Å². The molecule has 0 spiro atoms. The highest BCUT2D eigenvalue weighted by Crippen LogP contribution is 2.32. The van der Waals surface area contributed by atoms with Gasteiger partial charge in [0.1, 0.15) is 5.25 Å². The quantitative estimate of drug-likeness (QED) is 0.155. The van der Waals surface area contributed by atoms with Crippen LogP contribution in [0.4, 0.5) is 28.9 Å². The lowest BCUT2D eigenvalue weighted by molar-refractivity contribution is -0.129. The van der Waals surface area contributed by atoms with E-state index < -0.39 is 70.8 Å². The number of carbonyl (C=O) groups is 4. The molecule has 2 amide bonds. The van der Waals surface area contributed by atoms with Crippen LogP contribution in [-0.4, -0.2) is 50.8 Å². The Kier molecular flexibility index (Phi) is 9.25. The molecule has 1 atom stereocenters. The Morgan fingerprint density at radius 3 is 2.40 bits per heavy atom. The van der Waals surface area contributed by atoms with Crippen LogP contribution in [0.2, 0.25) is 0 Å². The summed E-state index contributed by atoms with van der Waals surface area (Å²) in [6, 6.07) is 11.5. The van der Waals surface area contributed by atoms with Gasteiger partial charge in [0.2, 0.25) is 11.8 Å². The molecule has 1 saturated heterocycles. The molecule has 0 saturated carbocycles. The van der Waals surface area contributed by atoms with E-state index in [1.165, 1.54) is 48.5 Å². The lowest BCUT2D eigenvalue weighted by Crippen LogP contribution is -2.45. The van der Waals surface area contributed by atoms with Crippen molar-refractivity contribution in [3.63, 3.8) is 0 Å². The van der Waals surface area contributed by atoms with E-state index in [0.717, 1.165) is 16.7 Å². The topological polar surface area (TPSA) is 125 Å². The number of thioether (sulfide) groups is 1. The first-order valence-corrected chi connectivity index (χ1v) is 13.2. The van der Waals surface area contributed by atoms with Crippen LogP contribution >= 0.6 is 11.8 Å². The molecule has 0 aromatic heterocycles. The Labute approximate surface area is 240 Å².